The number of carboxylic acid groups (broad SMARTS) is 1. The highest BCUT2D eigenvalue weighted by atomic mass is 16.4. The van der Waals surface area contributed by atoms with Crippen LogP contribution in [0.15, 0.2) is 0 Å². The zero-order chi connectivity index (χ0) is 19.0. The second kappa shape index (κ2) is 9.80. The number of hydrogen-bond acceptors (Lipinski definition) is 7. The van der Waals surface area contributed by atoms with Gasteiger partial charge in [-0.05, 0) is 20.8 Å². The van der Waals surface area contributed by atoms with Gasteiger partial charge in [-0.1, -0.05) is 0 Å². The number of aliphatic carboxylic acids is 1. The lowest BCUT2D eigenvalue weighted by atomic mass is 10.1. The van der Waals surface area contributed by atoms with Crippen LogP contribution < -0.4 is 21.7 Å². The maximum absolute atomic E-state index is 11.9. The molecule has 0 bridgehead atoms. The second-order valence-corrected chi connectivity index (χ2v) is 5.33. The van der Waals surface area contributed by atoms with Crippen molar-refractivity contribution in [3.8, 4) is 0 Å². The molecule has 3 amide bonds. The van der Waals surface area contributed by atoms with Crippen LogP contribution in [0.2, 0.25) is 0 Å². The van der Waals surface area contributed by atoms with E-state index in [-0.39, 0.29) is 0 Å². The first-order valence-electron chi connectivity index (χ1n) is 7.19. The first-order valence-corrected chi connectivity index (χ1v) is 7.19. The lowest BCUT2D eigenvalue weighted by molar-refractivity contribution is -0.145. The van der Waals surface area contributed by atoms with Crippen molar-refractivity contribution in [1.82, 2.24) is 16.0 Å². The van der Waals surface area contributed by atoms with Crippen molar-refractivity contribution in [2.75, 3.05) is 6.61 Å². The highest BCUT2D eigenvalue weighted by Gasteiger charge is 2.30. The Balaban J connectivity index is 4.79. The Kier molecular flexibility index (Phi) is 8.89. The molecular weight excluding hydrogens is 324 g/mol. The largest absolute Gasteiger partial charge is 0.480 e. The Morgan fingerprint density at radius 2 is 1.50 bits per heavy atom. The van der Waals surface area contributed by atoms with Crippen LogP contribution in [0.1, 0.15) is 20.8 Å². The minimum absolute atomic E-state index is 0.581. The standard InChI is InChI=1S/C13H24N4O7/c1-5(14)10(20)15-6(2)11(21)16-8(4-18)12(22)17-9(7(3)19)13(23)24/h5-9,18-19H,4,14H2,1-3H3,(H,15,20)(H,16,21)(H,17,22)(H,23,24). The van der Waals surface area contributed by atoms with Crippen molar-refractivity contribution >= 4 is 23.7 Å². The number of nitrogens with one attached hydrogen (secondary N) is 3. The van der Waals surface area contributed by atoms with Gasteiger partial charge in [-0.25, -0.2) is 4.79 Å². The van der Waals surface area contributed by atoms with Crippen LogP contribution >= 0.6 is 0 Å². The molecule has 5 atom stereocenters. The van der Waals surface area contributed by atoms with Crippen molar-refractivity contribution in [2.45, 2.75) is 51.0 Å². The average molecular weight is 348 g/mol. The Labute approximate surface area is 138 Å². The fraction of sp³-hybridized carbons (Fsp3) is 0.692. The zero-order valence-electron chi connectivity index (χ0n) is 13.6. The van der Waals surface area contributed by atoms with Gasteiger partial charge in [0, 0.05) is 0 Å². The number of carbonyl (C=O) groups excluding carboxylic acids is 3. The topological polar surface area (TPSA) is 191 Å². The number of amides is 3. The molecule has 0 saturated heterocycles. The van der Waals surface area contributed by atoms with Crippen LogP contribution in [-0.4, -0.2) is 75.9 Å². The average Bonchev–Trinajstić information content (AvgIpc) is 2.48. The smallest absolute Gasteiger partial charge is 0.328 e. The highest BCUT2D eigenvalue weighted by Crippen LogP contribution is 1.96. The third kappa shape index (κ3) is 6.89. The number of hydrogen-bond donors (Lipinski definition) is 7. The van der Waals surface area contributed by atoms with Crippen molar-refractivity contribution < 1.29 is 34.5 Å². The van der Waals surface area contributed by atoms with Crippen molar-refractivity contribution in [3.63, 3.8) is 0 Å². The third-order valence-corrected chi connectivity index (χ3v) is 3.03. The molecule has 0 aliphatic rings. The van der Waals surface area contributed by atoms with E-state index in [1.807, 2.05) is 5.32 Å². The number of rotatable bonds is 9. The Morgan fingerprint density at radius 3 is 1.88 bits per heavy atom. The van der Waals surface area contributed by atoms with Crippen LogP contribution in [0.5, 0.6) is 0 Å². The first-order chi connectivity index (χ1) is 11.0. The molecule has 0 radical (unpaired) electrons. The Morgan fingerprint density at radius 1 is 0.958 bits per heavy atom. The summed E-state index contributed by atoms with van der Waals surface area (Å²) in [7, 11) is 0. The molecule has 0 heterocycles. The van der Waals surface area contributed by atoms with E-state index in [4.69, 9.17) is 10.8 Å². The zero-order valence-corrected chi connectivity index (χ0v) is 13.6. The van der Waals surface area contributed by atoms with E-state index in [2.05, 4.69) is 10.6 Å². The fourth-order valence-electron chi connectivity index (χ4n) is 1.54. The van der Waals surface area contributed by atoms with Gasteiger partial charge in [-0.15, -0.1) is 0 Å². The number of carbonyl (C=O) groups is 4. The van der Waals surface area contributed by atoms with E-state index in [0.717, 1.165) is 6.92 Å². The van der Waals surface area contributed by atoms with Gasteiger partial charge in [0.05, 0.1) is 18.8 Å². The predicted octanol–water partition coefficient (Wildman–Crippen LogP) is -3.73. The quantitative estimate of drug-likeness (QED) is 0.221. The molecule has 0 fully saturated rings. The summed E-state index contributed by atoms with van der Waals surface area (Å²) in [4.78, 5) is 46.1. The second-order valence-electron chi connectivity index (χ2n) is 5.33. The summed E-state index contributed by atoms with van der Waals surface area (Å²) in [6, 6.07) is -4.91. The van der Waals surface area contributed by atoms with Crippen molar-refractivity contribution in [1.29, 1.82) is 0 Å². The fourth-order valence-corrected chi connectivity index (χ4v) is 1.54. The molecule has 0 aliphatic carbocycles. The van der Waals surface area contributed by atoms with Crippen molar-refractivity contribution in [3.05, 3.63) is 0 Å². The number of carboxylic acids is 1. The van der Waals surface area contributed by atoms with E-state index in [1.165, 1.54) is 13.8 Å². The molecule has 0 saturated carbocycles. The summed E-state index contributed by atoms with van der Waals surface area (Å²) < 4.78 is 0. The Hall–Kier alpha value is -2.24. The normalized spacial score (nSPS) is 16.9. The van der Waals surface area contributed by atoms with Crippen LogP contribution in [0.25, 0.3) is 0 Å². The van der Waals surface area contributed by atoms with Gasteiger partial charge in [0.2, 0.25) is 17.7 Å². The summed E-state index contributed by atoms with van der Waals surface area (Å²) >= 11 is 0. The molecule has 0 aromatic carbocycles. The molecule has 0 rings (SSSR count). The van der Waals surface area contributed by atoms with E-state index in [0.29, 0.717) is 0 Å². The molecule has 8 N–H and O–H groups in total. The maximum Gasteiger partial charge on any atom is 0.328 e. The van der Waals surface area contributed by atoms with Gasteiger partial charge in [0.25, 0.3) is 0 Å². The van der Waals surface area contributed by atoms with Gasteiger partial charge < -0.3 is 37.0 Å². The summed E-state index contributed by atoms with van der Waals surface area (Å²) in [5.41, 5.74) is 5.34. The van der Waals surface area contributed by atoms with Gasteiger partial charge in [-0.2, -0.15) is 0 Å². The van der Waals surface area contributed by atoms with E-state index >= 15 is 0 Å². The van der Waals surface area contributed by atoms with Gasteiger partial charge in [0.15, 0.2) is 6.04 Å². The number of nitrogens with two attached hydrogens (primary N) is 1. The molecule has 0 aromatic rings. The minimum atomic E-state index is -1.60. The van der Waals surface area contributed by atoms with E-state index < -0.39 is 60.6 Å². The van der Waals surface area contributed by atoms with Crippen LogP contribution in [0.4, 0.5) is 0 Å². The van der Waals surface area contributed by atoms with Crippen LogP contribution in [0, 0.1) is 0 Å². The summed E-state index contributed by atoms with van der Waals surface area (Å²) in [6.07, 6.45) is -1.38. The molecule has 5 unspecified atom stereocenters. The number of aliphatic hydroxyl groups is 2. The molecule has 138 valence electrons. The van der Waals surface area contributed by atoms with Gasteiger partial charge in [-0.3, -0.25) is 14.4 Å². The van der Waals surface area contributed by atoms with Crippen molar-refractivity contribution in [2.24, 2.45) is 5.73 Å². The van der Waals surface area contributed by atoms with Crippen LogP contribution in [-0.2, 0) is 19.2 Å². The summed E-state index contributed by atoms with van der Waals surface area (Å²) in [5, 5.41) is 33.8. The monoisotopic (exact) mass is 348 g/mol. The molecule has 0 spiro atoms. The van der Waals surface area contributed by atoms with Crippen LogP contribution in [0.3, 0.4) is 0 Å². The predicted molar refractivity (Wildman–Crippen MR) is 81.5 cm³/mol. The lowest BCUT2D eigenvalue weighted by Crippen LogP contribution is -2.58. The molecular formula is C13H24N4O7. The van der Waals surface area contributed by atoms with E-state index in [9.17, 15) is 29.4 Å². The number of aliphatic hydroxyl groups excluding tert-OH is 2. The molecule has 24 heavy (non-hydrogen) atoms. The minimum Gasteiger partial charge on any atom is -0.480 e. The molecule has 11 nitrogen and oxygen atoms in total. The van der Waals surface area contributed by atoms with E-state index in [1.54, 1.807) is 0 Å². The molecule has 11 heteroatoms. The lowest BCUT2D eigenvalue weighted by Gasteiger charge is -2.23. The summed E-state index contributed by atoms with van der Waals surface area (Å²) in [6.45, 7) is 3.12. The van der Waals surface area contributed by atoms with Gasteiger partial charge in [0.1, 0.15) is 12.1 Å². The first kappa shape index (κ1) is 21.8. The van der Waals surface area contributed by atoms with Gasteiger partial charge >= 0.3 is 5.97 Å². The Bertz CT molecular complexity index is 481. The molecule has 0 aliphatic heterocycles. The summed E-state index contributed by atoms with van der Waals surface area (Å²) in [5.74, 6) is -3.83. The highest BCUT2D eigenvalue weighted by molar-refractivity contribution is 5.93. The molecule has 0 aromatic heterocycles. The third-order valence-electron chi connectivity index (χ3n) is 3.03. The maximum atomic E-state index is 11.9. The SMILES string of the molecule is CC(N)C(=O)NC(C)C(=O)NC(CO)C(=O)NC(C(=O)O)C(C)O.